The van der Waals surface area contributed by atoms with Crippen LogP contribution < -0.4 is 0 Å². The van der Waals surface area contributed by atoms with Gasteiger partial charge < -0.3 is 0 Å². The molecule has 0 heterocycles. The molecular formula is C6F16Te. The first-order valence-electron chi connectivity index (χ1n) is 4.36. The molecule has 0 fully saturated rings. The molecule has 142 valence electrons. The number of hydrogen-bond acceptors (Lipinski definition) is 0. The zero-order chi connectivity index (χ0) is 19.5. The Morgan fingerprint density at radius 2 is 0.478 bits per heavy atom. The van der Waals surface area contributed by atoms with Crippen LogP contribution in [0.15, 0.2) is 0 Å². The molecule has 0 saturated carbocycles. The maximum atomic E-state index is 13.1. The van der Waals surface area contributed by atoms with Gasteiger partial charge in [-0.15, -0.1) is 0 Å². The number of hydrogen-bond donors (Lipinski definition) is 0. The second-order valence-corrected chi connectivity index (χ2v) is 9.54. The summed E-state index contributed by atoms with van der Waals surface area (Å²) in [7, 11) is 0. The summed E-state index contributed by atoms with van der Waals surface area (Å²) in [6.07, 6.45) is -31.9. The normalized spacial score (nSPS) is 17.4. The Bertz CT molecular complexity index is 363. The average Bonchev–Trinajstić information content (AvgIpc) is 2.19. The minimum atomic E-state index is -11.3. The predicted molar refractivity (Wildman–Crippen MR) is 39.9 cm³/mol. The molecule has 0 unspecified atom stereocenters. The number of alkyl halides is 14. The third-order valence-corrected chi connectivity index (χ3v) is 8.84. The van der Waals surface area contributed by atoms with Crippen molar-refractivity contribution in [1.82, 2.24) is 0 Å². The fraction of sp³-hybridized carbons (Fsp3) is 1.00. The van der Waals surface area contributed by atoms with Crippen molar-refractivity contribution in [1.29, 1.82) is 0 Å². The second-order valence-electron chi connectivity index (χ2n) is 3.65. The van der Waals surface area contributed by atoms with E-state index in [4.69, 9.17) is 0 Å². The van der Waals surface area contributed by atoms with E-state index in [1.807, 2.05) is 0 Å². The standard InChI is InChI=1S/C6F16Te/c7-1(3(9,10)11,4(12,13)14)23(21,22)2(8,5(15,16)17)6(18,19)20. The van der Waals surface area contributed by atoms with Gasteiger partial charge in [0.1, 0.15) is 0 Å². The van der Waals surface area contributed by atoms with Crippen LogP contribution in [0.4, 0.5) is 67.2 Å². The van der Waals surface area contributed by atoms with Crippen LogP contribution in [0, 0.1) is 0 Å². The van der Waals surface area contributed by atoms with Crippen molar-refractivity contribution < 1.29 is 67.2 Å². The monoisotopic (exact) mass is 506 g/mol. The first-order chi connectivity index (χ1) is 9.50. The van der Waals surface area contributed by atoms with Crippen molar-refractivity contribution in [3.8, 4) is 0 Å². The minimum absolute atomic E-state index is 7.98. The molecule has 0 radical (unpaired) electrons. The molecule has 17 heteroatoms. The topological polar surface area (TPSA) is 0 Å². The molecule has 0 bridgehead atoms. The molecule has 0 nitrogen and oxygen atoms in total. The van der Waals surface area contributed by atoms with Crippen LogP contribution >= 0.6 is 0 Å². The molecule has 0 aliphatic carbocycles. The summed E-state index contributed by atoms with van der Waals surface area (Å²) in [6, 6.07) is 0. The van der Waals surface area contributed by atoms with Gasteiger partial charge >= 0.3 is 119 Å². The van der Waals surface area contributed by atoms with E-state index in [1.54, 1.807) is 0 Å². The summed E-state index contributed by atoms with van der Waals surface area (Å²) in [5.74, 6) is 0. The quantitative estimate of drug-likeness (QED) is 0.363. The fourth-order valence-electron chi connectivity index (χ4n) is 1.10. The van der Waals surface area contributed by atoms with Crippen molar-refractivity contribution in [3.05, 3.63) is 0 Å². The van der Waals surface area contributed by atoms with Crippen LogP contribution in [0.1, 0.15) is 0 Å². The van der Waals surface area contributed by atoms with Crippen molar-refractivity contribution in [2.45, 2.75) is 32.1 Å². The molecule has 23 heavy (non-hydrogen) atoms. The molecule has 0 rings (SSSR count). The van der Waals surface area contributed by atoms with Crippen LogP contribution in [-0.2, 0) is 0 Å². The van der Waals surface area contributed by atoms with Crippen molar-refractivity contribution in [2.75, 3.05) is 0 Å². The van der Waals surface area contributed by atoms with Gasteiger partial charge in [-0.05, 0) is 0 Å². The molecule has 0 aromatic carbocycles. The van der Waals surface area contributed by atoms with Gasteiger partial charge in [0.2, 0.25) is 0 Å². The van der Waals surface area contributed by atoms with Crippen LogP contribution in [0.3, 0.4) is 0 Å². The average molecular weight is 504 g/mol. The first kappa shape index (κ1) is 22.7. The zero-order valence-corrected chi connectivity index (χ0v) is 11.8. The van der Waals surface area contributed by atoms with E-state index in [0.717, 1.165) is 0 Å². The Kier molecular flexibility index (Phi) is 5.26. The van der Waals surface area contributed by atoms with Gasteiger partial charge in [-0.3, -0.25) is 0 Å². The molecule has 0 aliphatic rings. The summed E-state index contributed by atoms with van der Waals surface area (Å²) in [5.41, 5.74) is 0. The Hall–Kier alpha value is -0.330. The van der Waals surface area contributed by atoms with Crippen molar-refractivity contribution >= 4 is 19.3 Å². The van der Waals surface area contributed by atoms with E-state index in [9.17, 15) is 67.2 Å². The summed E-state index contributed by atoms with van der Waals surface area (Å²) in [5, 5.41) is 0. The van der Waals surface area contributed by atoms with Crippen LogP contribution in [-0.4, -0.2) is 51.5 Å². The number of rotatable bonds is 2. The van der Waals surface area contributed by atoms with Crippen LogP contribution in [0.25, 0.3) is 0 Å². The first-order valence-corrected chi connectivity index (χ1v) is 8.45. The van der Waals surface area contributed by atoms with Gasteiger partial charge in [0.25, 0.3) is 0 Å². The molecule has 0 N–H and O–H groups in total. The van der Waals surface area contributed by atoms with E-state index < -0.39 is 51.5 Å². The Labute approximate surface area is 119 Å². The summed E-state index contributed by atoms with van der Waals surface area (Å²) in [6.45, 7) is 0. The van der Waals surface area contributed by atoms with E-state index in [1.165, 1.54) is 0 Å². The van der Waals surface area contributed by atoms with Crippen LogP contribution in [0.2, 0.25) is 0 Å². The van der Waals surface area contributed by atoms with Gasteiger partial charge in [0, 0.05) is 0 Å². The molecular weight excluding hydrogens is 504 g/mol. The van der Waals surface area contributed by atoms with Gasteiger partial charge in [-0.2, -0.15) is 0 Å². The SMILES string of the molecule is FC(F)(F)C(F)(C(F)(F)F)[Te](F)(F)C(F)(C(F)(F)F)C(F)(F)F. The Morgan fingerprint density at radius 3 is 0.565 bits per heavy atom. The summed E-state index contributed by atoms with van der Waals surface area (Å²) >= 11 is -11.3. The van der Waals surface area contributed by atoms with Crippen molar-refractivity contribution in [2.24, 2.45) is 0 Å². The fourth-order valence-corrected chi connectivity index (χ4v) is 5.52. The molecule has 0 amide bonds. The van der Waals surface area contributed by atoms with Crippen LogP contribution in [0.5, 0.6) is 0 Å². The van der Waals surface area contributed by atoms with Crippen molar-refractivity contribution in [3.63, 3.8) is 0 Å². The van der Waals surface area contributed by atoms with Gasteiger partial charge in [-0.25, -0.2) is 0 Å². The summed E-state index contributed by atoms with van der Waals surface area (Å²) < 4.78 is 179. The zero-order valence-electron chi connectivity index (χ0n) is 9.46. The third-order valence-electron chi connectivity index (χ3n) is 2.16. The Morgan fingerprint density at radius 1 is 0.348 bits per heavy atom. The van der Waals surface area contributed by atoms with Gasteiger partial charge in [-0.1, -0.05) is 0 Å². The molecule has 0 aromatic rings. The van der Waals surface area contributed by atoms with E-state index in [0.29, 0.717) is 0 Å². The van der Waals surface area contributed by atoms with Gasteiger partial charge in [0.05, 0.1) is 0 Å². The molecule has 0 atom stereocenters. The maximum absolute atomic E-state index is 13.1. The van der Waals surface area contributed by atoms with Gasteiger partial charge in [0.15, 0.2) is 0 Å². The molecule has 0 spiro atoms. The van der Waals surface area contributed by atoms with E-state index in [2.05, 4.69) is 0 Å². The second kappa shape index (κ2) is 5.33. The molecule has 0 saturated heterocycles. The molecule has 0 aliphatic heterocycles. The predicted octanol–water partition coefficient (Wildman–Crippen LogP) is 5.11. The summed E-state index contributed by atoms with van der Waals surface area (Å²) in [4.78, 5) is 0. The third kappa shape index (κ3) is 2.91. The van der Waals surface area contributed by atoms with E-state index in [-0.39, 0.29) is 0 Å². The Balaban J connectivity index is 6.94. The number of halogens is 16. The van der Waals surface area contributed by atoms with E-state index >= 15 is 0 Å². The molecule has 0 aromatic heterocycles.